The predicted octanol–water partition coefficient (Wildman–Crippen LogP) is 2.75. The molecule has 1 aromatic rings. The Hall–Kier alpha value is -1.06. The fourth-order valence-corrected chi connectivity index (χ4v) is 2.51. The Morgan fingerprint density at radius 3 is 2.72 bits per heavy atom. The maximum Gasteiger partial charge on any atom is 0.0761 e. The first-order chi connectivity index (χ1) is 8.70. The van der Waals surface area contributed by atoms with Crippen molar-refractivity contribution in [2.75, 3.05) is 24.6 Å². The first kappa shape index (κ1) is 13.4. The molecule has 0 spiro atoms. The van der Waals surface area contributed by atoms with Crippen LogP contribution in [0.15, 0.2) is 24.3 Å². The van der Waals surface area contributed by atoms with E-state index in [9.17, 15) is 5.11 Å². The summed E-state index contributed by atoms with van der Waals surface area (Å²) in [6, 6.07) is 8.20. The van der Waals surface area contributed by atoms with Crippen molar-refractivity contribution in [2.24, 2.45) is 0 Å². The highest BCUT2D eigenvalue weighted by Gasteiger charge is 2.20. The minimum atomic E-state index is -0.392. The van der Waals surface area contributed by atoms with Gasteiger partial charge in [0.15, 0.2) is 0 Å². The highest BCUT2D eigenvalue weighted by molar-refractivity contribution is 5.48. The second-order valence-electron chi connectivity index (χ2n) is 4.93. The van der Waals surface area contributed by atoms with Crippen LogP contribution in [-0.4, -0.2) is 30.9 Å². The monoisotopic (exact) mass is 249 g/mol. The largest absolute Gasteiger partial charge is 0.389 e. The Morgan fingerprint density at radius 2 is 2.11 bits per heavy atom. The van der Waals surface area contributed by atoms with Gasteiger partial charge >= 0.3 is 0 Å². The summed E-state index contributed by atoms with van der Waals surface area (Å²) in [6.45, 7) is 6.70. The molecule has 0 amide bonds. The molecule has 1 aromatic carbocycles. The van der Waals surface area contributed by atoms with Crippen LogP contribution in [0, 0.1) is 0 Å². The molecule has 1 saturated heterocycles. The third-order valence-electron chi connectivity index (χ3n) is 3.52. The van der Waals surface area contributed by atoms with E-state index in [0.717, 1.165) is 31.7 Å². The van der Waals surface area contributed by atoms with Gasteiger partial charge in [-0.15, -0.1) is 0 Å². The lowest BCUT2D eigenvalue weighted by atomic mass is 10.1. The van der Waals surface area contributed by atoms with Gasteiger partial charge in [-0.25, -0.2) is 0 Å². The fourth-order valence-electron chi connectivity index (χ4n) is 2.51. The van der Waals surface area contributed by atoms with Crippen LogP contribution in [0.1, 0.15) is 38.4 Å². The van der Waals surface area contributed by atoms with E-state index in [2.05, 4.69) is 24.0 Å². The average Bonchev–Trinajstić information content (AvgIpc) is 2.39. The molecule has 0 aliphatic carbocycles. The van der Waals surface area contributed by atoms with Gasteiger partial charge in [0, 0.05) is 25.4 Å². The van der Waals surface area contributed by atoms with Crippen molar-refractivity contribution >= 4 is 5.69 Å². The quantitative estimate of drug-likeness (QED) is 0.890. The minimum absolute atomic E-state index is 0.361. The van der Waals surface area contributed by atoms with Gasteiger partial charge in [-0.05, 0) is 44.4 Å². The summed E-state index contributed by atoms with van der Waals surface area (Å²) in [5.41, 5.74) is 2.20. The highest BCUT2D eigenvalue weighted by Crippen LogP contribution is 2.23. The van der Waals surface area contributed by atoms with E-state index >= 15 is 0 Å². The van der Waals surface area contributed by atoms with Crippen LogP contribution >= 0.6 is 0 Å². The second kappa shape index (κ2) is 6.21. The summed E-state index contributed by atoms with van der Waals surface area (Å²) in [6.07, 6.45) is 2.32. The molecular weight excluding hydrogens is 226 g/mol. The maximum atomic E-state index is 9.50. The number of aliphatic hydroxyl groups is 1. The topological polar surface area (TPSA) is 32.7 Å². The maximum absolute atomic E-state index is 9.50. The summed E-state index contributed by atoms with van der Waals surface area (Å²) in [5.74, 6) is 0. The van der Waals surface area contributed by atoms with Crippen LogP contribution in [-0.2, 0) is 4.74 Å². The molecule has 1 N–H and O–H groups in total. The van der Waals surface area contributed by atoms with Crippen LogP contribution in [0.3, 0.4) is 0 Å². The van der Waals surface area contributed by atoms with Crippen molar-refractivity contribution in [3.8, 4) is 0 Å². The number of rotatable bonds is 4. The molecule has 1 aliphatic rings. The number of hydrogen-bond acceptors (Lipinski definition) is 3. The van der Waals surface area contributed by atoms with Crippen LogP contribution in [0.5, 0.6) is 0 Å². The molecule has 1 heterocycles. The third-order valence-corrected chi connectivity index (χ3v) is 3.52. The number of nitrogens with zero attached hydrogens (tertiary/aromatic N) is 1. The van der Waals surface area contributed by atoms with Gasteiger partial charge in [0.2, 0.25) is 0 Å². The lowest BCUT2D eigenvalue weighted by Crippen LogP contribution is -2.39. The molecule has 18 heavy (non-hydrogen) atoms. The van der Waals surface area contributed by atoms with Crippen molar-refractivity contribution in [1.82, 2.24) is 0 Å². The van der Waals surface area contributed by atoms with Gasteiger partial charge in [0.25, 0.3) is 0 Å². The standard InChI is InChI=1S/C15H23NO2/c1-3-18-15-5-4-10-16(11-15)14-8-6-13(7-9-14)12(2)17/h6-9,12,15,17H,3-5,10-11H2,1-2H3/t12-,15?/m0/s1. The molecule has 1 fully saturated rings. The molecule has 0 saturated carbocycles. The van der Waals surface area contributed by atoms with Crippen LogP contribution in [0.4, 0.5) is 5.69 Å². The normalized spacial score (nSPS) is 21.9. The van der Waals surface area contributed by atoms with Crippen molar-refractivity contribution in [3.63, 3.8) is 0 Å². The lowest BCUT2D eigenvalue weighted by molar-refractivity contribution is 0.0526. The fraction of sp³-hybridized carbons (Fsp3) is 0.600. The Balaban J connectivity index is 2.02. The summed E-state index contributed by atoms with van der Waals surface area (Å²) < 4.78 is 5.71. The van der Waals surface area contributed by atoms with E-state index in [1.807, 2.05) is 12.1 Å². The van der Waals surface area contributed by atoms with Crippen LogP contribution in [0.2, 0.25) is 0 Å². The Kier molecular flexibility index (Phi) is 4.61. The van der Waals surface area contributed by atoms with Crippen molar-refractivity contribution in [1.29, 1.82) is 0 Å². The van der Waals surface area contributed by atoms with Crippen molar-refractivity contribution in [3.05, 3.63) is 29.8 Å². The molecule has 2 atom stereocenters. The molecule has 3 nitrogen and oxygen atoms in total. The zero-order valence-electron chi connectivity index (χ0n) is 11.3. The van der Waals surface area contributed by atoms with E-state index in [1.54, 1.807) is 6.92 Å². The molecule has 0 aromatic heterocycles. The Bertz CT molecular complexity index is 359. The molecule has 1 unspecified atom stereocenters. The van der Waals surface area contributed by atoms with E-state index < -0.39 is 6.10 Å². The van der Waals surface area contributed by atoms with Gasteiger partial charge in [-0.3, -0.25) is 0 Å². The van der Waals surface area contributed by atoms with Crippen molar-refractivity contribution in [2.45, 2.75) is 38.9 Å². The minimum Gasteiger partial charge on any atom is -0.389 e. The van der Waals surface area contributed by atoms with Gasteiger partial charge < -0.3 is 14.7 Å². The molecular formula is C15H23NO2. The van der Waals surface area contributed by atoms with E-state index in [0.29, 0.717) is 6.10 Å². The first-order valence-corrected chi connectivity index (χ1v) is 6.85. The number of hydrogen-bond donors (Lipinski definition) is 1. The summed E-state index contributed by atoms with van der Waals surface area (Å²) in [7, 11) is 0. The molecule has 100 valence electrons. The summed E-state index contributed by atoms with van der Waals surface area (Å²) in [4.78, 5) is 2.37. The number of ether oxygens (including phenoxy) is 1. The number of benzene rings is 1. The SMILES string of the molecule is CCOC1CCCN(c2ccc([C@H](C)O)cc2)C1. The van der Waals surface area contributed by atoms with Gasteiger partial charge in [0.1, 0.15) is 0 Å². The lowest BCUT2D eigenvalue weighted by Gasteiger charge is -2.34. The Morgan fingerprint density at radius 1 is 1.39 bits per heavy atom. The van der Waals surface area contributed by atoms with Crippen LogP contribution < -0.4 is 4.90 Å². The average molecular weight is 249 g/mol. The van der Waals surface area contributed by atoms with E-state index in [1.165, 1.54) is 12.1 Å². The zero-order valence-corrected chi connectivity index (χ0v) is 11.3. The van der Waals surface area contributed by atoms with E-state index in [-0.39, 0.29) is 0 Å². The van der Waals surface area contributed by atoms with Gasteiger partial charge in [-0.1, -0.05) is 12.1 Å². The number of aliphatic hydroxyl groups excluding tert-OH is 1. The van der Waals surface area contributed by atoms with Crippen molar-refractivity contribution < 1.29 is 9.84 Å². The number of anilines is 1. The molecule has 0 radical (unpaired) electrons. The summed E-state index contributed by atoms with van der Waals surface area (Å²) >= 11 is 0. The predicted molar refractivity (Wildman–Crippen MR) is 73.9 cm³/mol. The first-order valence-electron chi connectivity index (χ1n) is 6.85. The molecule has 2 rings (SSSR count). The molecule has 1 aliphatic heterocycles. The van der Waals surface area contributed by atoms with Gasteiger partial charge in [0.05, 0.1) is 12.2 Å². The smallest absolute Gasteiger partial charge is 0.0761 e. The molecule has 0 bridgehead atoms. The number of piperidine rings is 1. The molecule has 3 heteroatoms. The Labute approximate surface area is 109 Å². The van der Waals surface area contributed by atoms with Crippen LogP contribution in [0.25, 0.3) is 0 Å². The summed E-state index contributed by atoms with van der Waals surface area (Å²) in [5, 5.41) is 9.50. The van der Waals surface area contributed by atoms with Gasteiger partial charge in [-0.2, -0.15) is 0 Å². The third kappa shape index (κ3) is 3.24. The van der Waals surface area contributed by atoms with E-state index in [4.69, 9.17) is 4.74 Å². The zero-order chi connectivity index (χ0) is 13.0. The second-order valence-corrected chi connectivity index (χ2v) is 4.93. The highest BCUT2D eigenvalue weighted by atomic mass is 16.5.